The smallest absolute Gasteiger partial charge is 0.258 e. The van der Waals surface area contributed by atoms with E-state index < -0.39 is 5.60 Å². The standard InChI is InChI=1S/C15H22N4O2/c1-4-15(5-2,20-6-3)14-18-13(21-19-14)10-7-11(16)9-12(17)8-10/h7-9H,4-6,16-17H2,1-3H3. The molecule has 0 atom stereocenters. The molecule has 0 spiro atoms. The lowest BCUT2D eigenvalue weighted by atomic mass is 9.96. The first-order chi connectivity index (χ1) is 10.0. The number of rotatable bonds is 6. The summed E-state index contributed by atoms with van der Waals surface area (Å²) in [5.74, 6) is 0.959. The first kappa shape index (κ1) is 15.3. The van der Waals surface area contributed by atoms with E-state index in [1.54, 1.807) is 18.2 Å². The highest BCUT2D eigenvalue weighted by Gasteiger charge is 2.34. The zero-order valence-electron chi connectivity index (χ0n) is 12.7. The molecule has 0 saturated heterocycles. The van der Waals surface area contributed by atoms with Crippen LogP contribution in [-0.2, 0) is 10.3 Å². The van der Waals surface area contributed by atoms with E-state index in [1.165, 1.54) is 0 Å². The van der Waals surface area contributed by atoms with Crippen LogP contribution < -0.4 is 11.5 Å². The summed E-state index contributed by atoms with van der Waals surface area (Å²) in [7, 11) is 0. The second-order valence-electron chi connectivity index (χ2n) is 4.95. The molecule has 2 aromatic rings. The minimum absolute atomic E-state index is 0.398. The van der Waals surface area contributed by atoms with Crippen molar-refractivity contribution in [1.29, 1.82) is 0 Å². The highest BCUT2D eigenvalue weighted by Crippen LogP contribution is 2.33. The molecular formula is C15H22N4O2. The van der Waals surface area contributed by atoms with Gasteiger partial charge in [0.2, 0.25) is 5.82 Å². The van der Waals surface area contributed by atoms with Crippen LogP contribution in [0, 0.1) is 0 Å². The maximum atomic E-state index is 5.88. The van der Waals surface area contributed by atoms with E-state index >= 15 is 0 Å². The molecule has 4 N–H and O–H groups in total. The molecule has 0 radical (unpaired) electrons. The van der Waals surface area contributed by atoms with Crippen LogP contribution in [-0.4, -0.2) is 16.7 Å². The van der Waals surface area contributed by atoms with Crippen molar-refractivity contribution in [2.45, 2.75) is 39.2 Å². The van der Waals surface area contributed by atoms with Crippen LogP contribution in [0.1, 0.15) is 39.4 Å². The number of hydrogen-bond acceptors (Lipinski definition) is 6. The van der Waals surface area contributed by atoms with Gasteiger partial charge in [0.1, 0.15) is 5.60 Å². The Bertz CT molecular complexity index is 585. The largest absolute Gasteiger partial charge is 0.399 e. The first-order valence-corrected chi connectivity index (χ1v) is 7.19. The summed E-state index contributed by atoms with van der Waals surface area (Å²) in [6, 6.07) is 5.20. The molecular weight excluding hydrogens is 268 g/mol. The fourth-order valence-electron chi connectivity index (χ4n) is 2.44. The molecule has 1 aromatic heterocycles. The second kappa shape index (κ2) is 6.13. The number of ether oxygens (including phenoxy) is 1. The van der Waals surface area contributed by atoms with Crippen molar-refractivity contribution >= 4 is 11.4 Å². The number of aromatic nitrogens is 2. The molecule has 0 aliphatic heterocycles. The third kappa shape index (κ3) is 3.00. The molecule has 6 heteroatoms. The summed E-state index contributed by atoms with van der Waals surface area (Å²) in [5.41, 5.74) is 12.9. The van der Waals surface area contributed by atoms with Crippen molar-refractivity contribution in [1.82, 2.24) is 10.1 Å². The van der Waals surface area contributed by atoms with Crippen LogP contribution in [0.25, 0.3) is 11.5 Å². The van der Waals surface area contributed by atoms with Gasteiger partial charge in [-0.25, -0.2) is 0 Å². The molecule has 2 rings (SSSR count). The average molecular weight is 290 g/mol. The van der Waals surface area contributed by atoms with Crippen LogP contribution in [0.5, 0.6) is 0 Å². The predicted molar refractivity (Wildman–Crippen MR) is 82.4 cm³/mol. The van der Waals surface area contributed by atoms with Crippen LogP contribution in [0.4, 0.5) is 11.4 Å². The van der Waals surface area contributed by atoms with Crippen molar-refractivity contribution in [2.24, 2.45) is 0 Å². The third-order valence-corrected chi connectivity index (χ3v) is 3.62. The zero-order chi connectivity index (χ0) is 15.5. The number of nitrogen functional groups attached to an aromatic ring is 2. The van der Waals surface area contributed by atoms with Crippen molar-refractivity contribution < 1.29 is 9.26 Å². The fraction of sp³-hybridized carbons (Fsp3) is 0.467. The fourth-order valence-corrected chi connectivity index (χ4v) is 2.44. The van der Waals surface area contributed by atoms with Gasteiger partial charge >= 0.3 is 0 Å². The van der Waals surface area contributed by atoms with E-state index in [9.17, 15) is 0 Å². The van der Waals surface area contributed by atoms with Gasteiger partial charge in [0.25, 0.3) is 5.89 Å². The molecule has 0 aliphatic rings. The lowest BCUT2D eigenvalue weighted by molar-refractivity contribution is -0.0583. The van der Waals surface area contributed by atoms with Crippen LogP contribution in [0.2, 0.25) is 0 Å². The van der Waals surface area contributed by atoms with Gasteiger partial charge in [0.15, 0.2) is 0 Å². The van der Waals surface area contributed by atoms with E-state index in [4.69, 9.17) is 20.7 Å². The minimum atomic E-state index is -0.512. The molecule has 0 bridgehead atoms. The number of nitrogens with zero attached hydrogens (tertiary/aromatic N) is 2. The second-order valence-corrected chi connectivity index (χ2v) is 4.95. The van der Waals surface area contributed by atoms with E-state index in [0.29, 0.717) is 35.3 Å². The summed E-state index contributed by atoms with van der Waals surface area (Å²) in [6.07, 6.45) is 1.55. The molecule has 0 unspecified atom stereocenters. The number of hydrogen-bond donors (Lipinski definition) is 2. The van der Waals surface area contributed by atoms with Gasteiger partial charge in [-0.1, -0.05) is 19.0 Å². The molecule has 1 heterocycles. The Morgan fingerprint density at radius 1 is 1.10 bits per heavy atom. The third-order valence-electron chi connectivity index (χ3n) is 3.62. The van der Waals surface area contributed by atoms with Gasteiger partial charge in [-0.3, -0.25) is 0 Å². The first-order valence-electron chi connectivity index (χ1n) is 7.19. The van der Waals surface area contributed by atoms with Gasteiger partial charge in [-0.2, -0.15) is 4.98 Å². The molecule has 6 nitrogen and oxygen atoms in total. The Balaban J connectivity index is 2.40. The van der Waals surface area contributed by atoms with E-state index in [0.717, 1.165) is 12.8 Å². The van der Waals surface area contributed by atoms with E-state index in [-0.39, 0.29) is 0 Å². The van der Waals surface area contributed by atoms with Crippen LogP contribution in [0.3, 0.4) is 0 Å². The van der Waals surface area contributed by atoms with Gasteiger partial charge in [0, 0.05) is 23.5 Å². The highest BCUT2D eigenvalue weighted by atomic mass is 16.5. The number of anilines is 2. The van der Waals surface area contributed by atoms with Crippen LogP contribution in [0.15, 0.2) is 22.7 Å². The normalized spacial score (nSPS) is 11.8. The summed E-state index contributed by atoms with van der Waals surface area (Å²) < 4.78 is 11.2. The van der Waals surface area contributed by atoms with Gasteiger partial charge in [-0.05, 0) is 38.0 Å². The number of benzene rings is 1. The van der Waals surface area contributed by atoms with Crippen LogP contribution >= 0.6 is 0 Å². The van der Waals surface area contributed by atoms with E-state index in [1.807, 2.05) is 20.8 Å². The lowest BCUT2D eigenvalue weighted by Crippen LogP contribution is -2.29. The lowest BCUT2D eigenvalue weighted by Gasteiger charge is -2.27. The summed E-state index contributed by atoms with van der Waals surface area (Å²) in [5, 5.41) is 4.09. The zero-order valence-corrected chi connectivity index (χ0v) is 12.7. The van der Waals surface area contributed by atoms with Gasteiger partial charge in [0.05, 0.1) is 0 Å². The van der Waals surface area contributed by atoms with Gasteiger partial charge < -0.3 is 20.7 Å². The van der Waals surface area contributed by atoms with Crippen molar-refractivity contribution in [3.8, 4) is 11.5 Å². The van der Waals surface area contributed by atoms with E-state index in [2.05, 4.69) is 10.1 Å². The molecule has 0 amide bonds. The monoisotopic (exact) mass is 290 g/mol. The number of nitrogens with two attached hydrogens (primary N) is 2. The van der Waals surface area contributed by atoms with Crippen molar-refractivity contribution in [3.63, 3.8) is 0 Å². The Kier molecular flexibility index (Phi) is 4.47. The van der Waals surface area contributed by atoms with Crippen molar-refractivity contribution in [2.75, 3.05) is 18.1 Å². The minimum Gasteiger partial charge on any atom is -0.399 e. The highest BCUT2D eigenvalue weighted by molar-refractivity contribution is 5.67. The Labute approximate surface area is 124 Å². The maximum Gasteiger partial charge on any atom is 0.258 e. The predicted octanol–water partition coefficient (Wildman–Crippen LogP) is 2.95. The topological polar surface area (TPSA) is 100 Å². The summed E-state index contributed by atoms with van der Waals surface area (Å²) in [4.78, 5) is 4.48. The molecule has 114 valence electrons. The molecule has 0 aliphatic carbocycles. The quantitative estimate of drug-likeness (QED) is 0.793. The van der Waals surface area contributed by atoms with Gasteiger partial charge in [-0.15, -0.1) is 0 Å². The summed E-state index contributed by atoms with van der Waals surface area (Å²) >= 11 is 0. The van der Waals surface area contributed by atoms with Crippen molar-refractivity contribution in [3.05, 3.63) is 24.0 Å². The SMILES string of the molecule is CCOC(CC)(CC)c1noc(-c2cc(N)cc(N)c2)n1. The molecule has 21 heavy (non-hydrogen) atoms. The summed E-state index contributed by atoms with van der Waals surface area (Å²) in [6.45, 7) is 6.65. The molecule has 0 fully saturated rings. The molecule has 1 aromatic carbocycles. The Morgan fingerprint density at radius 2 is 1.71 bits per heavy atom. The molecule has 0 saturated carbocycles. The Hall–Kier alpha value is -2.08. The Morgan fingerprint density at radius 3 is 2.24 bits per heavy atom. The average Bonchev–Trinajstić information content (AvgIpc) is 2.94. The maximum absolute atomic E-state index is 5.88.